The molecule has 0 heterocycles. The Labute approximate surface area is 104 Å². The van der Waals surface area contributed by atoms with Crippen LogP contribution >= 0.6 is 0 Å². The molecule has 0 bridgehead atoms. The van der Waals surface area contributed by atoms with Gasteiger partial charge in [0, 0.05) is 12.1 Å². The van der Waals surface area contributed by atoms with E-state index in [1.54, 1.807) is 0 Å². The van der Waals surface area contributed by atoms with Crippen molar-refractivity contribution in [3.8, 4) is 11.8 Å². The Kier molecular flexibility index (Phi) is 4.05. The normalized spacial score (nSPS) is 14.6. The molecule has 0 saturated heterocycles. The Balaban J connectivity index is 3.40. The topological polar surface area (TPSA) is 46.2 Å². The molecule has 1 rings (SSSR count). The van der Waals surface area contributed by atoms with Gasteiger partial charge >= 0.3 is 5.92 Å². The zero-order valence-corrected chi connectivity index (χ0v) is 10.1. The molecule has 0 saturated carbocycles. The molecule has 1 aromatic rings. The van der Waals surface area contributed by atoms with E-state index in [0.29, 0.717) is 0 Å². The summed E-state index contributed by atoms with van der Waals surface area (Å²) in [4.78, 5) is 0. The van der Waals surface area contributed by atoms with Crippen molar-refractivity contribution < 1.29 is 18.3 Å². The van der Waals surface area contributed by atoms with E-state index >= 15 is 0 Å². The van der Waals surface area contributed by atoms with Gasteiger partial charge in [0.1, 0.15) is 5.82 Å². The Morgan fingerprint density at radius 3 is 2.50 bits per heavy atom. The molecule has 0 radical (unpaired) electrons. The van der Waals surface area contributed by atoms with Crippen molar-refractivity contribution in [2.75, 3.05) is 0 Å². The summed E-state index contributed by atoms with van der Waals surface area (Å²) in [6, 6.07) is 3.50. The van der Waals surface area contributed by atoms with E-state index in [9.17, 15) is 18.3 Å². The van der Waals surface area contributed by atoms with Crippen molar-refractivity contribution in [1.82, 2.24) is 0 Å². The summed E-state index contributed by atoms with van der Waals surface area (Å²) in [7, 11) is 0. The first kappa shape index (κ1) is 14.6. The highest BCUT2D eigenvalue weighted by atomic mass is 19.3. The lowest BCUT2D eigenvalue weighted by molar-refractivity contribution is -0.148. The number of rotatable bonds is 3. The van der Waals surface area contributed by atoms with Gasteiger partial charge in [-0.1, -0.05) is 18.1 Å². The van der Waals surface area contributed by atoms with E-state index in [1.807, 2.05) is 5.92 Å². The molecule has 2 nitrogen and oxygen atoms in total. The maximum Gasteiger partial charge on any atom is 0.314 e. The van der Waals surface area contributed by atoms with E-state index < -0.39 is 22.9 Å². The molecule has 0 aliphatic carbocycles. The zero-order chi connectivity index (χ0) is 14.0. The molecule has 98 valence electrons. The second kappa shape index (κ2) is 5.01. The van der Waals surface area contributed by atoms with Crippen molar-refractivity contribution in [2.45, 2.75) is 31.9 Å². The number of aliphatic hydroxyl groups is 1. The van der Waals surface area contributed by atoms with Crippen LogP contribution in [0.2, 0.25) is 0 Å². The van der Waals surface area contributed by atoms with Gasteiger partial charge in [0.05, 0.1) is 5.56 Å². The summed E-state index contributed by atoms with van der Waals surface area (Å²) >= 11 is 0. The zero-order valence-electron chi connectivity index (χ0n) is 10.1. The van der Waals surface area contributed by atoms with Gasteiger partial charge < -0.3 is 10.8 Å². The SMILES string of the molecule is CC#CC(C)(O)C(F)(F)c1cccc(CN)c1F. The van der Waals surface area contributed by atoms with Crippen LogP contribution in [0.25, 0.3) is 0 Å². The predicted octanol–water partition coefficient (Wildman–Crippen LogP) is 2.15. The van der Waals surface area contributed by atoms with Crippen LogP contribution in [0.3, 0.4) is 0 Å². The van der Waals surface area contributed by atoms with Gasteiger partial charge in [-0.2, -0.15) is 8.78 Å². The van der Waals surface area contributed by atoms with Crippen molar-refractivity contribution in [3.63, 3.8) is 0 Å². The van der Waals surface area contributed by atoms with Crippen LogP contribution < -0.4 is 5.73 Å². The Bertz CT molecular complexity index is 501. The average Bonchev–Trinajstić information content (AvgIpc) is 2.28. The lowest BCUT2D eigenvalue weighted by atomic mass is 9.90. The smallest absolute Gasteiger partial charge is 0.314 e. The van der Waals surface area contributed by atoms with Crippen molar-refractivity contribution in [2.24, 2.45) is 5.73 Å². The average molecular weight is 257 g/mol. The van der Waals surface area contributed by atoms with Gasteiger partial charge in [-0.05, 0) is 19.9 Å². The van der Waals surface area contributed by atoms with Gasteiger partial charge in [0.15, 0.2) is 5.60 Å². The van der Waals surface area contributed by atoms with Gasteiger partial charge in [0.2, 0.25) is 0 Å². The second-order valence-corrected chi connectivity index (χ2v) is 4.00. The molecule has 0 amide bonds. The molecular formula is C13H14F3NO. The summed E-state index contributed by atoms with van der Waals surface area (Å²) in [6.07, 6.45) is 0. The van der Waals surface area contributed by atoms with E-state index in [2.05, 4.69) is 5.92 Å². The Hall–Kier alpha value is -1.51. The molecule has 3 N–H and O–H groups in total. The third kappa shape index (κ3) is 2.35. The number of halogens is 3. The minimum Gasteiger partial charge on any atom is -0.372 e. The predicted molar refractivity (Wildman–Crippen MR) is 62.3 cm³/mol. The lowest BCUT2D eigenvalue weighted by Gasteiger charge is -2.29. The molecule has 0 aliphatic heterocycles. The maximum atomic E-state index is 14.1. The Morgan fingerprint density at radius 2 is 2.00 bits per heavy atom. The van der Waals surface area contributed by atoms with Crippen LogP contribution in [0.1, 0.15) is 25.0 Å². The van der Waals surface area contributed by atoms with Crippen LogP contribution in [-0.4, -0.2) is 10.7 Å². The van der Waals surface area contributed by atoms with Gasteiger partial charge in [-0.25, -0.2) is 4.39 Å². The molecule has 0 fully saturated rings. The van der Waals surface area contributed by atoms with E-state index in [-0.39, 0.29) is 12.1 Å². The molecule has 18 heavy (non-hydrogen) atoms. The van der Waals surface area contributed by atoms with Crippen molar-refractivity contribution in [1.29, 1.82) is 0 Å². The van der Waals surface area contributed by atoms with Gasteiger partial charge in [-0.3, -0.25) is 0 Å². The van der Waals surface area contributed by atoms with Crippen LogP contribution in [0, 0.1) is 17.7 Å². The standard InChI is InChI=1S/C13H14F3NO/c1-3-7-12(2,18)13(15,16)10-6-4-5-9(8-17)11(10)14/h4-6,18H,8,17H2,1-2H3. The third-order valence-electron chi connectivity index (χ3n) is 2.62. The summed E-state index contributed by atoms with van der Waals surface area (Å²) in [5, 5.41) is 9.66. The summed E-state index contributed by atoms with van der Waals surface area (Å²) < 4.78 is 41.9. The first-order valence-corrected chi connectivity index (χ1v) is 5.30. The third-order valence-corrected chi connectivity index (χ3v) is 2.62. The van der Waals surface area contributed by atoms with Gasteiger partial charge in [-0.15, -0.1) is 5.92 Å². The number of hydrogen-bond acceptors (Lipinski definition) is 2. The molecule has 1 aromatic carbocycles. The summed E-state index contributed by atoms with van der Waals surface area (Å²) in [6.45, 7) is 1.96. The largest absolute Gasteiger partial charge is 0.372 e. The highest BCUT2D eigenvalue weighted by Gasteiger charge is 2.51. The molecule has 1 unspecified atom stereocenters. The molecule has 0 aliphatic rings. The molecule has 5 heteroatoms. The number of benzene rings is 1. The number of alkyl halides is 2. The minimum atomic E-state index is -3.83. The highest BCUT2D eigenvalue weighted by molar-refractivity contribution is 5.34. The quantitative estimate of drug-likeness (QED) is 0.815. The number of nitrogens with two attached hydrogens (primary N) is 1. The van der Waals surface area contributed by atoms with Crippen molar-refractivity contribution in [3.05, 3.63) is 35.1 Å². The molecule has 0 aromatic heterocycles. The lowest BCUT2D eigenvalue weighted by Crippen LogP contribution is -2.42. The highest BCUT2D eigenvalue weighted by Crippen LogP contribution is 2.40. The molecular weight excluding hydrogens is 243 g/mol. The summed E-state index contributed by atoms with van der Waals surface area (Å²) in [5.41, 5.74) is 1.67. The fraction of sp³-hybridized carbons (Fsp3) is 0.385. The van der Waals surface area contributed by atoms with Crippen LogP contribution in [0.4, 0.5) is 13.2 Å². The molecule has 0 spiro atoms. The Morgan fingerprint density at radius 1 is 1.39 bits per heavy atom. The monoisotopic (exact) mass is 257 g/mol. The van der Waals surface area contributed by atoms with Gasteiger partial charge in [0.25, 0.3) is 0 Å². The first-order valence-electron chi connectivity index (χ1n) is 5.30. The van der Waals surface area contributed by atoms with Crippen LogP contribution in [-0.2, 0) is 12.5 Å². The maximum absolute atomic E-state index is 14.1. The fourth-order valence-electron chi connectivity index (χ4n) is 1.56. The number of hydrogen-bond donors (Lipinski definition) is 2. The fourth-order valence-corrected chi connectivity index (χ4v) is 1.56. The van der Waals surface area contributed by atoms with Crippen molar-refractivity contribution >= 4 is 0 Å². The molecule has 1 atom stereocenters. The first-order chi connectivity index (χ1) is 8.28. The second-order valence-electron chi connectivity index (χ2n) is 4.00. The van der Waals surface area contributed by atoms with Crippen LogP contribution in [0.5, 0.6) is 0 Å². The van der Waals surface area contributed by atoms with E-state index in [4.69, 9.17) is 5.73 Å². The minimum absolute atomic E-state index is 0.0348. The summed E-state index contributed by atoms with van der Waals surface area (Å²) in [5.74, 6) is -0.749. The van der Waals surface area contributed by atoms with Crippen LogP contribution in [0.15, 0.2) is 18.2 Å². The van der Waals surface area contributed by atoms with E-state index in [0.717, 1.165) is 13.0 Å². The van der Waals surface area contributed by atoms with E-state index in [1.165, 1.54) is 19.1 Å².